The first-order valence-electron chi connectivity index (χ1n) is 14.1. The largest absolute Gasteiger partial charge is 0.486 e. The van der Waals surface area contributed by atoms with E-state index in [9.17, 15) is 18.0 Å². The Labute approximate surface area is 248 Å². The molecular weight excluding hydrogens is 554 g/mol. The number of anilines is 1. The van der Waals surface area contributed by atoms with Gasteiger partial charge in [-0.25, -0.2) is 8.42 Å². The Hall–Kier alpha value is -4.05. The van der Waals surface area contributed by atoms with Gasteiger partial charge in [-0.05, 0) is 49.1 Å². The van der Waals surface area contributed by atoms with E-state index in [-0.39, 0.29) is 30.6 Å². The maximum atomic E-state index is 14.3. The Morgan fingerprint density at radius 2 is 1.62 bits per heavy atom. The molecule has 3 aromatic carbocycles. The Bertz CT molecular complexity index is 1500. The zero-order chi connectivity index (χ0) is 30.3. The van der Waals surface area contributed by atoms with Crippen LogP contribution in [0.25, 0.3) is 0 Å². The van der Waals surface area contributed by atoms with Crippen LogP contribution in [0, 0.1) is 6.92 Å². The minimum Gasteiger partial charge on any atom is -0.486 e. The van der Waals surface area contributed by atoms with Crippen LogP contribution in [0.15, 0.2) is 72.8 Å². The standard InChI is InChI=1S/C32H39N3O6S/c1-5-24(3)33-32(37)28(19-25-12-7-6-8-13-25)34(21-26-14-10-9-11-23(26)2)31(36)22-35(42(4,38)39)27-15-16-29-30(20-27)41-18-17-40-29/h6-16,20,24,28H,5,17-19,21-22H2,1-4H3,(H,33,37)/t24-,28+/m0/s1. The zero-order valence-electron chi connectivity index (χ0n) is 24.6. The first-order valence-corrected chi connectivity index (χ1v) is 16.0. The fourth-order valence-electron chi connectivity index (χ4n) is 4.77. The predicted octanol–water partition coefficient (Wildman–Crippen LogP) is 4.09. The van der Waals surface area contributed by atoms with Gasteiger partial charge in [0.2, 0.25) is 21.8 Å². The molecule has 1 aliphatic heterocycles. The van der Waals surface area contributed by atoms with Crippen LogP contribution in [0.5, 0.6) is 11.5 Å². The first-order chi connectivity index (χ1) is 20.1. The van der Waals surface area contributed by atoms with E-state index in [1.165, 1.54) is 4.90 Å². The van der Waals surface area contributed by atoms with Crippen molar-refractivity contribution in [1.82, 2.24) is 10.2 Å². The Kier molecular flexibility index (Phi) is 10.1. The lowest BCUT2D eigenvalue weighted by atomic mass is 10.0. The molecule has 0 fully saturated rings. The second kappa shape index (κ2) is 13.7. The normalized spacial score (nSPS) is 14.0. The van der Waals surface area contributed by atoms with E-state index < -0.39 is 28.5 Å². The van der Waals surface area contributed by atoms with Gasteiger partial charge in [0.25, 0.3) is 0 Å². The second-order valence-electron chi connectivity index (χ2n) is 10.6. The topological polar surface area (TPSA) is 105 Å². The number of carbonyl (C=O) groups excluding carboxylic acids is 2. The van der Waals surface area contributed by atoms with Gasteiger partial charge in [-0.15, -0.1) is 0 Å². The highest BCUT2D eigenvalue weighted by atomic mass is 32.2. The van der Waals surface area contributed by atoms with Gasteiger partial charge in [-0.2, -0.15) is 0 Å². The van der Waals surface area contributed by atoms with E-state index in [1.807, 2.05) is 75.4 Å². The molecule has 0 aliphatic carbocycles. The fraction of sp³-hybridized carbons (Fsp3) is 0.375. The number of amides is 2. The number of aryl methyl sites for hydroxylation is 1. The van der Waals surface area contributed by atoms with Crippen molar-refractivity contribution in [3.63, 3.8) is 0 Å². The summed E-state index contributed by atoms with van der Waals surface area (Å²) in [6.07, 6.45) is 2.05. The summed E-state index contributed by atoms with van der Waals surface area (Å²) in [4.78, 5) is 29.5. The molecule has 1 aliphatic rings. The summed E-state index contributed by atoms with van der Waals surface area (Å²) in [5.74, 6) is 0.126. The van der Waals surface area contributed by atoms with Gasteiger partial charge < -0.3 is 19.7 Å². The van der Waals surface area contributed by atoms with Crippen LogP contribution >= 0.6 is 0 Å². The van der Waals surface area contributed by atoms with E-state index in [2.05, 4.69) is 5.32 Å². The number of carbonyl (C=O) groups is 2. The molecule has 0 spiro atoms. The van der Waals surface area contributed by atoms with Crippen LogP contribution in [0.4, 0.5) is 5.69 Å². The van der Waals surface area contributed by atoms with Gasteiger partial charge in [-0.1, -0.05) is 61.5 Å². The van der Waals surface area contributed by atoms with E-state index in [4.69, 9.17) is 9.47 Å². The highest BCUT2D eigenvalue weighted by Gasteiger charge is 2.34. The van der Waals surface area contributed by atoms with Gasteiger partial charge >= 0.3 is 0 Å². The number of hydrogen-bond donors (Lipinski definition) is 1. The Morgan fingerprint density at radius 3 is 2.29 bits per heavy atom. The van der Waals surface area contributed by atoms with Crippen LogP contribution in [0.3, 0.4) is 0 Å². The molecule has 224 valence electrons. The first kappa shape index (κ1) is 30.9. The number of sulfonamides is 1. The number of benzene rings is 3. The maximum absolute atomic E-state index is 14.3. The Balaban J connectivity index is 1.74. The highest BCUT2D eigenvalue weighted by Crippen LogP contribution is 2.35. The zero-order valence-corrected chi connectivity index (χ0v) is 25.4. The summed E-state index contributed by atoms with van der Waals surface area (Å²) in [5, 5.41) is 3.04. The summed E-state index contributed by atoms with van der Waals surface area (Å²) in [7, 11) is -3.89. The number of hydrogen-bond acceptors (Lipinski definition) is 6. The van der Waals surface area contributed by atoms with E-state index in [0.717, 1.165) is 33.7 Å². The third-order valence-electron chi connectivity index (χ3n) is 7.37. The molecule has 0 saturated carbocycles. The molecule has 42 heavy (non-hydrogen) atoms. The third-order valence-corrected chi connectivity index (χ3v) is 8.51. The average Bonchev–Trinajstić information content (AvgIpc) is 2.98. The molecule has 4 rings (SSSR count). The summed E-state index contributed by atoms with van der Waals surface area (Å²) in [5.41, 5.74) is 2.99. The quantitative estimate of drug-likeness (QED) is 0.339. The van der Waals surface area contributed by atoms with Gasteiger partial charge in [0.05, 0.1) is 11.9 Å². The second-order valence-corrected chi connectivity index (χ2v) is 12.5. The van der Waals surface area contributed by atoms with Gasteiger partial charge in [0, 0.05) is 25.1 Å². The molecule has 1 heterocycles. The smallest absolute Gasteiger partial charge is 0.244 e. The molecule has 0 radical (unpaired) electrons. The maximum Gasteiger partial charge on any atom is 0.244 e. The lowest BCUT2D eigenvalue weighted by Gasteiger charge is -2.34. The van der Waals surface area contributed by atoms with Crippen LogP contribution in [-0.2, 0) is 32.6 Å². The SMILES string of the molecule is CC[C@H](C)NC(=O)[C@@H](Cc1ccccc1)N(Cc1ccccc1C)C(=O)CN(c1ccc2c(c1)OCCO2)S(C)(=O)=O. The molecule has 0 aromatic heterocycles. The fourth-order valence-corrected chi connectivity index (χ4v) is 5.61. The molecule has 0 unspecified atom stereocenters. The molecule has 9 nitrogen and oxygen atoms in total. The molecule has 3 aromatic rings. The molecule has 0 bridgehead atoms. The Morgan fingerprint density at radius 1 is 0.952 bits per heavy atom. The average molecular weight is 594 g/mol. The molecule has 0 saturated heterocycles. The van der Waals surface area contributed by atoms with Gasteiger partial charge in [0.1, 0.15) is 25.8 Å². The predicted molar refractivity (Wildman–Crippen MR) is 163 cm³/mol. The minimum atomic E-state index is -3.89. The lowest BCUT2D eigenvalue weighted by Crippen LogP contribution is -2.54. The summed E-state index contributed by atoms with van der Waals surface area (Å²) in [6.45, 7) is 6.22. The third kappa shape index (κ3) is 7.82. The molecular formula is C32H39N3O6S. The summed E-state index contributed by atoms with van der Waals surface area (Å²) in [6, 6.07) is 21.0. The van der Waals surface area contributed by atoms with Crippen LogP contribution in [-0.4, -0.2) is 63.2 Å². The van der Waals surface area contributed by atoms with Crippen LogP contribution in [0.2, 0.25) is 0 Å². The number of ether oxygens (including phenoxy) is 2. The molecule has 10 heteroatoms. The number of nitrogens with zero attached hydrogens (tertiary/aromatic N) is 2. The van der Waals surface area contributed by atoms with E-state index in [0.29, 0.717) is 24.7 Å². The lowest BCUT2D eigenvalue weighted by molar-refractivity contribution is -0.140. The minimum absolute atomic E-state index is 0.101. The molecule has 2 amide bonds. The van der Waals surface area contributed by atoms with E-state index in [1.54, 1.807) is 18.2 Å². The summed E-state index contributed by atoms with van der Waals surface area (Å²) >= 11 is 0. The van der Waals surface area contributed by atoms with Gasteiger partial charge in [0.15, 0.2) is 11.5 Å². The van der Waals surface area contributed by atoms with Crippen molar-refractivity contribution in [2.75, 3.05) is 30.3 Å². The summed E-state index contributed by atoms with van der Waals surface area (Å²) < 4.78 is 38.4. The van der Waals surface area contributed by atoms with Crippen molar-refractivity contribution in [2.24, 2.45) is 0 Å². The van der Waals surface area contributed by atoms with Gasteiger partial charge in [-0.3, -0.25) is 13.9 Å². The number of fused-ring (bicyclic) bond motifs is 1. The van der Waals surface area contributed by atoms with Crippen molar-refractivity contribution in [3.8, 4) is 11.5 Å². The van der Waals surface area contributed by atoms with Crippen molar-refractivity contribution in [2.45, 2.75) is 52.2 Å². The van der Waals surface area contributed by atoms with Crippen LogP contribution in [0.1, 0.15) is 37.0 Å². The molecule has 2 atom stereocenters. The van der Waals surface area contributed by atoms with Crippen LogP contribution < -0.4 is 19.1 Å². The van der Waals surface area contributed by atoms with Crippen molar-refractivity contribution in [1.29, 1.82) is 0 Å². The number of rotatable bonds is 12. The van der Waals surface area contributed by atoms with Crippen molar-refractivity contribution < 1.29 is 27.5 Å². The number of nitrogens with one attached hydrogen (secondary N) is 1. The highest BCUT2D eigenvalue weighted by molar-refractivity contribution is 7.92. The van der Waals surface area contributed by atoms with Crippen molar-refractivity contribution in [3.05, 3.63) is 89.5 Å². The molecule has 1 N–H and O–H groups in total. The monoisotopic (exact) mass is 593 g/mol. The van der Waals surface area contributed by atoms with Crippen molar-refractivity contribution >= 4 is 27.5 Å². The van der Waals surface area contributed by atoms with E-state index >= 15 is 0 Å².